The molecule has 65 heavy (non-hydrogen) atoms. The first-order valence-electron chi connectivity index (χ1n) is 22.5. The Kier molecular flexibility index (Phi) is 54.1. The number of methoxy groups -OCH3 is 1. The molecule has 0 aliphatic carbocycles. The lowest BCUT2D eigenvalue weighted by Crippen LogP contribution is -2.35. The second-order valence-electron chi connectivity index (χ2n) is 18.2. The number of sulfonamides is 1. The highest BCUT2D eigenvalue weighted by Gasteiger charge is 2.17. The van der Waals surface area contributed by atoms with Crippen molar-refractivity contribution in [3.05, 3.63) is 0 Å². The minimum Gasteiger partial charge on any atom is -0.469 e. The number of hydrogen-bond donors (Lipinski definition) is 0. The second kappa shape index (κ2) is 44.1. The van der Waals surface area contributed by atoms with E-state index in [0.29, 0.717) is 12.1 Å². The van der Waals surface area contributed by atoms with Gasteiger partial charge in [0, 0.05) is 91.6 Å². The maximum absolute atomic E-state index is 11.0. The zero-order chi connectivity index (χ0) is 54.5. The van der Waals surface area contributed by atoms with Crippen molar-refractivity contribution >= 4 is 43.6 Å². The van der Waals surface area contributed by atoms with Crippen molar-refractivity contribution in [3.8, 4) is 0 Å². The Morgan fingerprint density at radius 1 is 0.492 bits per heavy atom. The molecule has 0 fully saturated rings. The molecule has 0 rings (SSSR count). The number of carbonyl (C=O) groups excluding carboxylic acids is 4. The fourth-order valence-electron chi connectivity index (χ4n) is 3.20. The van der Waals surface area contributed by atoms with Crippen molar-refractivity contribution in [3.63, 3.8) is 0 Å². The van der Waals surface area contributed by atoms with E-state index in [0.717, 1.165) is 19.8 Å². The number of sulfone groups is 1. The van der Waals surface area contributed by atoms with Crippen LogP contribution < -0.4 is 0 Å². The smallest absolute Gasteiger partial charge is 0.308 e. The molecular weight excluding hydrogens is 875 g/mol. The molecule has 0 N–H and O–H groups in total. The highest BCUT2D eigenvalue weighted by atomic mass is 32.2. The van der Waals surface area contributed by atoms with Crippen LogP contribution in [0, 0.1) is 23.7 Å². The summed E-state index contributed by atoms with van der Waals surface area (Å²) in [5.41, 5.74) is 0. The lowest BCUT2D eigenvalue weighted by atomic mass is 10.2. The highest BCUT2D eigenvalue weighted by Crippen LogP contribution is 2.02. The number of amides is 3. The molecule has 398 valence electrons. The predicted molar refractivity (Wildman–Crippen MR) is 276 cm³/mol. The number of esters is 1. The van der Waals surface area contributed by atoms with Crippen LogP contribution in [0.25, 0.3) is 0 Å². The second-order valence-corrected chi connectivity index (χ2v) is 23.5. The average molecular weight is 983 g/mol. The van der Waals surface area contributed by atoms with Gasteiger partial charge in [0.1, 0.15) is 9.84 Å². The summed E-state index contributed by atoms with van der Waals surface area (Å²) in [5.74, 6) is 0.528. The quantitative estimate of drug-likeness (QED) is 0.109. The molecule has 0 aromatic heterocycles. The lowest BCUT2D eigenvalue weighted by molar-refractivity contribution is -0.172. The molecule has 3 amide bonds. The Bertz CT molecular complexity index is 1340. The van der Waals surface area contributed by atoms with E-state index in [-0.39, 0.29) is 57.9 Å². The number of rotatable bonds is 14. The molecule has 0 heterocycles. The van der Waals surface area contributed by atoms with Crippen molar-refractivity contribution in [2.45, 2.75) is 147 Å². The first kappa shape index (κ1) is 79.7. The first-order chi connectivity index (χ1) is 29.0. The van der Waals surface area contributed by atoms with E-state index in [1.165, 1.54) is 43.9 Å². The number of hydroxylamine groups is 2. The third-order valence-corrected chi connectivity index (χ3v) is 12.7. The van der Waals surface area contributed by atoms with Gasteiger partial charge in [0.25, 0.3) is 0 Å². The van der Waals surface area contributed by atoms with Gasteiger partial charge in [0.05, 0.1) is 30.6 Å². The van der Waals surface area contributed by atoms with Crippen molar-refractivity contribution in [2.24, 2.45) is 23.7 Å². The molecule has 0 bridgehead atoms. The van der Waals surface area contributed by atoms with E-state index >= 15 is 0 Å². The van der Waals surface area contributed by atoms with Crippen molar-refractivity contribution < 1.29 is 45.6 Å². The molecule has 17 nitrogen and oxygen atoms in total. The van der Waals surface area contributed by atoms with Crippen LogP contribution in [-0.4, -0.2) is 208 Å². The zero-order valence-electron chi connectivity index (χ0n) is 47.8. The van der Waals surface area contributed by atoms with Crippen LogP contribution in [0.15, 0.2) is 0 Å². The molecule has 0 aliphatic rings. The standard InChI is InChI=1S/C7H18N2.C7H15NO.C6H13NO2.C6H13NO.C6H15N.C5H13NO2S.C5H10O2.C4H10O2S/c1-7(2)9(5)6-8(3)4;1-5-8(4)7(9)6(2)3;1-5(2)6(8)7(3)9-4;1-5(2)6(8)7(3)4;1-5-7(4)6(2)3;1-5(2)9(7,8)6(3)4;1-4(2)5(6)7-3;1-4(2)7(3,5)6/h7H,6H2,1-5H3;6H,5H2,1-4H3;5H,1-4H3;5H,1-4H3;6H,5H2,1-4H3;5H,1-4H3;2*4H,1-3H3. The van der Waals surface area contributed by atoms with E-state index in [1.807, 2.05) is 55.5 Å². The minimum absolute atomic E-state index is 0.00231. The molecule has 0 aromatic carbocycles. The van der Waals surface area contributed by atoms with Crippen LogP contribution in [0.2, 0.25) is 0 Å². The third-order valence-electron chi connectivity index (χ3n) is 8.76. The Hall–Kier alpha value is -2.42. The number of hydrogen-bond acceptors (Lipinski definition) is 13. The van der Waals surface area contributed by atoms with Crippen molar-refractivity contribution in [1.82, 2.24) is 33.9 Å². The van der Waals surface area contributed by atoms with Gasteiger partial charge in [-0.3, -0.25) is 33.8 Å². The molecule has 0 unspecified atom stereocenters. The van der Waals surface area contributed by atoms with Gasteiger partial charge >= 0.3 is 5.97 Å². The van der Waals surface area contributed by atoms with Crippen molar-refractivity contribution in [2.75, 3.05) is 111 Å². The molecule has 0 aromatic rings. The SMILES string of the molecule is CC(C)C(=O)N(C)C.CC(C)N(C)CN(C)C.CC(C)S(=O)(=O)N(C)C.CC(C)S(C)(=O)=O.CCN(C)C(=O)C(C)C.CCN(C)C(C)C.COC(=O)C(C)C.CON(C)C(=O)C(C)C. The monoisotopic (exact) mass is 982 g/mol. The fraction of sp³-hybridized carbons (Fsp3) is 0.913. The van der Waals surface area contributed by atoms with Gasteiger partial charge in [-0.2, -0.15) is 0 Å². The van der Waals surface area contributed by atoms with Crippen LogP contribution in [0.3, 0.4) is 0 Å². The van der Waals surface area contributed by atoms with Gasteiger partial charge in [-0.15, -0.1) is 0 Å². The maximum atomic E-state index is 11.0. The van der Waals surface area contributed by atoms with Gasteiger partial charge < -0.3 is 19.4 Å². The summed E-state index contributed by atoms with van der Waals surface area (Å²) >= 11 is 0. The van der Waals surface area contributed by atoms with Gasteiger partial charge in [0.2, 0.25) is 27.7 Å². The summed E-state index contributed by atoms with van der Waals surface area (Å²) in [6, 6.07) is 1.34. The minimum atomic E-state index is -2.98. The summed E-state index contributed by atoms with van der Waals surface area (Å²) in [5, 5.41) is 0.685. The summed E-state index contributed by atoms with van der Waals surface area (Å²) in [6.07, 6.45) is 1.23. The van der Waals surface area contributed by atoms with E-state index in [2.05, 4.69) is 87.1 Å². The average Bonchev–Trinajstić information content (AvgIpc) is 3.19. The Morgan fingerprint density at radius 3 is 0.877 bits per heavy atom. The first-order valence-corrected chi connectivity index (χ1v) is 25.9. The molecule has 0 aliphatic heterocycles. The van der Waals surface area contributed by atoms with Crippen molar-refractivity contribution in [1.29, 1.82) is 0 Å². The normalized spacial score (nSPS) is 10.9. The summed E-state index contributed by atoms with van der Waals surface area (Å²) < 4.78 is 48.2. The van der Waals surface area contributed by atoms with Gasteiger partial charge in [-0.1, -0.05) is 62.3 Å². The van der Waals surface area contributed by atoms with E-state index < -0.39 is 19.9 Å². The molecular formula is C46H107N7O10S2. The summed E-state index contributed by atoms with van der Waals surface area (Å²) in [4.78, 5) is 57.7. The molecule has 0 saturated heterocycles. The topological polar surface area (TPSA) is 178 Å². The largest absolute Gasteiger partial charge is 0.469 e. The van der Waals surface area contributed by atoms with Gasteiger partial charge in [0.15, 0.2) is 0 Å². The number of ether oxygens (including phenoxy) is 1. The van der Waals surface area contributed by atoms with Crippen LogP contribution in [-0.2, 0) is 48.6 Å². The summed E-state index contributed by atoms with van der Waals surface area (Å²) in [6.45, 7) is 37.4. The highest BCUT2D eigenvalue weighted by molar-refractivity contribution is 7.91. The molecule has 0 saturated carbocycles. The zero-order valence-corrected chi connectivity index (χ0v) is 49.4. The molecule has 0 radical (unpaired) electrons. The van der Waals surface area contributed by atoms with Crippen LogP contribution in [0.5, 0.6) is 0 Å². The predicted octanol–water partition coefficient (Wildman–Crippen LogP) is 6.25. The third kappa shape index (κ3) is 54.1. The Morgan fingerprint density at radius 2 is 0.831 bits per heavy atom. The molecule has 0 spiro atoms. The number of nitrogens with zero attached hydrogens (tertiary/aromatic N) is 7. The van der Waals surface area contributed by atoms with E-state index in [4.69, 9.17) is 0 Å². The summed E-state index contributed by atoms with van der Waals surface area (Å²) in [7, 11) is 15.6. The fourth-order valence-corrected chi connectivity index (χ4v) is 4.04. The van der Waals surface area contributed by atoms with E-state index in [1.54, 1.807) is 72.5 Å². The van der Waals surface area contributed by atoms with Gasteiger partial charge in [-0.05, 0) is 97.0 Å². The molecule has 19 heteroatoms. The van der Waals surface area contributed by atoms with Gasteiger partial charge in [-0.25, -0.2) is 26.2 Å². The Labute approximate surface area is 403 Å². The van der Waals surface area contributed by atoms with Crippen LogP contribution in [0.1, 0.15) is 125 Å². The van der Waals surface area contributed by atoms with Crippen LogP contribution in [0.4, 0.5) is 0 Å². The number of carbonyl (C=O) groups is 4. The van der Waals surface area contributed by atoms with E-state index in [9.17, 15) is 36.0 Å². The maximum Gasteiger partial charge on any atom is 0.308 e. The Balaban J connectivity index is -0.0000000954. The molecule has 0 atom stereocenters. The lowest BCUT2D eigenvalue weighted by Gasteiger charge is -2.24. The van der Waals surface area contributed by atoms with Crippen LogP contribution >= 0.6 is 0 Å².